The summed E-state index contributed by atoms with van der Waals surface area (Å²) in [6, 6.07) is 5.66. The van der Waals surface area contributed by atoms with Gasteiger partial charge in [0.1, 0.15) is 0 Å². The van der Waals surface area contributed by atoms with E-state index in [-0.39, 0.29) is 10.8 Å². The van der Waals surface area contributed by atoms with E-state index in [0.717, 1.165) is 17.5 Å². The van der Waals surface area contributed by atoms with Gasteiger partial charge < -0.3 is 0 Å². The Morgan fingerprint density at radius 3 is 2.75 bits per heavy atom. The molecule has 0 saturated heterocycles. The van der Waals surface area contributed by atoms with E-state index >= 15 is 0 Å². The summed E-state index contributed by atoms with van der Waals surface area (Å²) >= 11 is 5.99. The van der Waals surface area contributed by atoms with Crippen LogP contribution in [0.2, 0.25) is 5.28 Å². The molecule has 3 nitrogen and oxygen atoms in total. The van der Waals surface area contributed by atoms with Gasteiger partial charge in [-0.2, -0.15) is 0 Å². The standard InChI is InChI=1S/C12H13ClN2O/c1-3-8-6-5-7-9-10(8)14-12(13)15(4-2)11(9)16/h5-7H,3-4H2,1-2H3. The van der Waals surface area contributed by atoms with E-state index in [2.05, 4.69) is 4.98 Å². The van der Waals surface area contributed by atoms with Gasteiger partial charge in [0, 0.05) is 6.54 Å². The normalized spacial score (nSPS) is 10.9. The van der Waals surface area contributed by atoms with Crippen molar-refractivity contribution in [3.8, 4) is 0 Å². The zero-order valence-corrected chi connectivity index (χ0v) is 10.1. The number of fused-ring (bicyclic) bond motifs is 1. The van der Waals surface area contributed by atoms with Gasteiger partial charge in [-0.05, 0) is 36.6 Å². The maximum atomic E-state index is 12.1. The molecule has 0 bridgehead atoms. The van der Waals surface area contributed by atoms with Crippen LogP contribution < -0.4 is 5.56 Å². The summed E-state index contributed by atoms with van der Waals surface area (Å²) in [5, 5.41) is 0.909. The van der Waals surface area contributed by atoms with E-state index < -0.39 is 0 Å². The number of benzene rings is 1. The van der Waals surface area contributed by atoms with Gasteiger partial charge in [0.15, 0.2) is 0 Å². The third-order valence-corrected chi connectivity index (χ3v) is 3.01. The zero-order chi connectivity index (χ0) is 11.7. The average molecular weight is 237 g/mol. The monoisotopic (exact) mass is 236 g/mol. The molecule has 4 heteroatoms. The summed E-state index contributed by atoms with van der Waals surface area (Å²) in [6.45, 7) is 4.46. The molecule has 0 aliphatic rings. The quantitative estimate of drug-likeness (QED) is 0.752. The predicted molar refractivity (Wildman–Crippen MR) is 66.1 cm³/mol. The summed E-state index contributed by atoms with van der Waals surface area (Å²) in [5.74, 6) is 0. The van der Waals surface area contributed by atoms with E-state index in [1.807, 2.05) is 26.0 Å². The molecule has 0 aliphatic carbocycles. The molecule has 0 radical (unpaired) electrons. The SMILES string of the molecule is CCc1cccc2c(=O)n(CC)c(Cl)nc12. The fraction of sp³-hybridized carbons (Fsp3) is 0.333. The van der Waals surface area contributed by atoms with Crippen molar-refractivity contribution in [3.05, 3.63) is 39.4 Å². The Bertz CT molecular complexity index is 589. The second kappa shape index (κ2) is 4.26. The molecule has 0 spiro atoms. The second-order valence-corrected chi connectivity index (χ2v) is 3.94. The van der Waals surface area contributed by atoms with Crippen LogP contribution in [0.15, 0.2) is 23.0 Å². The van der Waals surface area contributed by atoms with Crippen molar-refractivity contribution in [1.82, 2.24) is 9.55 Å². The third kappa shape index (κ3) is 1.61. The minimum Gasteiger partial charge on any atom is -0.283 e. The number of para-hydroxylation sites is 1. The predicted octanol–water partition coefficient (Wildman–Crippen LogP) is 2.63. The van der Waals surface area contributed by atoms with Gasteiger partial charge in [0.05, 0.1) is 10.9 Å². The number of hydrogen-bond acceptors (Lipinski definition) is 2. The molecule has 1 aromatic heterocycles. The van der Waals surface area contributed by atoms with Crippen LogP contribution in [-0.2, 0) is 13.0 Å². The first-order chi connectivity index (χ1) is 7.69. The summed E-state index contributed by atoms with van der Waals surface area (Å²) < 4.78 is 1.48. The largest absolute Gasteiger partial charge is 0.283 e. The summed E-state index contributed by atoms with van der Waals surface area (Å²) in [6.07, 6.45) is 0.843. The molecular weight excluding hydrogens is 224 g/mol. The Labute approximate surface area is 98.7 Å². The van der Waals surface area contributed by atoms with Crippen LogP contribution >= 0.6 is 11.6 Å². The maximum Gasteiger partial charge on any atom is 0.262 e. The first kappa shape index (κ1) is 11.1. The smallest absolute Gasteiger partial charge is 0.262 e. The number of rotatable bonds is 2. The van der Waals surface area contributed by atoms with Crippen molar-refractivity contribution in [3.63, 3.8) is 0 Å². The van der Waals surface area contributed by atoms with Gasteiger partial charge in [-0.15, -0.1) is 0 Å². The van der Waals surface area contributed by atoms with Crippen molar-refractivity contribution < 1.29 is 0 Å². The fourth-order valence-electron chi connectivity index (χ4n) is 1.84. The molecular formula is C12H13ClN2O. The van der Waals surface area contributed by atoms with Gasteiger partial charge in [0.25, 0.3) is 5.56 Å². The van der Waals surface area contributed by atoms with Crippen LogP contribution in [0.4, 0.5) is 0 Å². The second-order valence-electron chi connectivity index (χ2n) is 3.60. The number of nitrogens with zero attached hydrogens (tertiary/aromatic N) is 2. The average Bonchev–Trinajstić information content (AvgIpc) is 2.29. The zero-order valence-electron chi connectivity index (χ0n) is 9.33. The molecule has 0 saturated carbocycles. The Morgan fingerprint density at radius 2 is 2.12 bits per heavy atom. The Morgan fingerprint density at radius 1 is 1.38 bits per heavy atom. The first-order valence-corrected chi connectivity index (χ1v) is 5.74. The molecule has 2 rings (SSSR count). The highest BCUT2D eigenvalue weighted by molar-refractivity contribution is 6.28. The Hall–Kier alpha value is -1.35. The van der Waals surface area contributed by atoms with Gasteiger partial charge in [-0.3, -0.25) is 9.36 Å². The molecule has 1 heterocycles. The lowest BCUT2D eigenvalue weighted by molar-refractivity contribution is 0.718. The van der Waals surface area contributed by atoms with Gasteiger partial charge in [0.2, 0.25) is 5.28 Å². The van der Waals surface area contributed by atoms with Gasteiger partial charge >= 0.3 is 0 Å². The summed E-state index contributed by atoms with van der Waals surface area (Å²) in [4.78, 5) is 16.4. The maximum absolute atomic E-state index is 12.1. The Kier molecular flexibility index (Phi) is 2.97. The highest BCUT2D eigenvalue weighted by Crippen LogP contribution is 2.16. The lowest BCUT2D eigenvalue weighted by atomic mass is 10.1. The highest BCUT2D eigenvalue weighted by Gasteiger charge is 2.09. The molecule has 0 fully saturated rings. The minimum atomic E-state index is -0.0622. The number of hydrogen-bond donors (Lipinski definition) is 0. The Balaban J connectivity index is 2.92. The van der Waals surface area contributed by atoms with Crippen LogP contribution in [0.5, 0.6) is 0 Å². The molecule has 0 atom stereocenters. The van der Waals surface area contributed by atoms with Crippen molar-refractivity contribution in [2.75, 3.05) is 0 Å². The molecule has 1 aromatic carbocycles. The third-order valence-electron chi connectivity index (χ3n) is 2.72. The van der Waals surface area contributed by atoms with Crippen LogP contribution in [0.1, 0.15) is 19.4 Å². The lowest BCUT2D eigenvalue weighted by Gasteiger charge is -2.08. The molecule has 16 heavy (non-hydrogen) atoms. The van der Waals surface area contributed by atoms with Crippen LogP contribution in [0.3, 0.4) is 0 Å². The number of halogens is 1. The van der Waals surface area contributed by atoms with E-state index in [1.54, 1.807) is 6.07 Å². The molecule has 0 unspecified atom stereocenters. The van der Waals surface area contributed by atoms with E-state index in [0.29, 0.717) is 11.9 Å². The summed E-state index contributed by atoms with van der Waals surface area (Å²) in [7, 11) is 0. The van der Waals surface area contributed by atoms with Crippen LogP contribution in [-0.4, -0.2) is 9.55 Å². The molecule has 84 valence electrons. The topological polar surface area (TPSA) is 34.9 Å². The van der Waals surface area contributed by atoms with Crippen molar-refractivity contribution >= 4 is 22.5 Å². The molecule has 2 aromatic rings. The van der Waals surface area contributed by atoms with Gasteiger partial charge in [-0.1, -0.05) is 19.1 Å². The van der Waals surface area contributed by atoms with E-state index in [1.165, 1.54) is 4.57 Å². The fourth-order valence-corrected chi connectivity index (χ4v) is 2.12. The minimum absolute atomic E-state index is 0.0622. The molecule has 0 amide bonds. The van der Waals surface area contributed by atoms with Crippen molar-refractivity contribution in [2.45, 2.75) is 26.8 Å². The first-order valence-electron chi connectivity index (χ1n) is 5.37. The molecule has 0 N–H and O–H groups in total. The summed E-state index contributed by atoms with van der Waals surface area (Å²) in [5.41, 5.74) is 1.72. The van der Waals surface area contributed by atoms with Crippen molar-refractivity contribution in [2.24, 2.45) is 0 Å². The van der Waals surface area contributed by atoms with E-state index in [4.69, 9.17) is 11.6 Å². The number of aromatic nitrogens is 2. The van der Waals surface area contributed by atoms with Gasteiger partial charge in [-0.25, -0.2) is 4.98 Å². The lowest BCUT2D eigenvalue weighted by Crippen LogP contribution is -2.21. The van der Waals surface area contributed by atoms with Crippen LogP contribution in [0.25, 0.3) is 10.9 Å². The number of aryl methyl sites for hydroxylation is 1. The van der Waals surface area contributed by atoms with E-state index in [9.17, 15) is 4.79 Å². The highest BCUT2D eigenvalue weighted by atomic mass is 35.5. The van der Waals surface area contributed by atoms with Crippen molar-refractivity contribution in [1.29, 1.82) is 0 Å². The molecule has 0 aliphatic heterocycles. The van der Waals surface area contributed by atoms with Crippen LogP contribution in [0, 0.1) is 0 Å².